The van der Waals surface area contributed by atoms with Gasteiger partial charge in [0.25, 0.3) is 0 Å². The Bertz CT molecular complexity index is 562. The molecule has 0 unspecified atom stereocenters. The van der Waals surface area contributed by atoms with E-state index in [9.17, 15) is 13.2 Å². The number of carboxylic acids is 1. The van der Waals surface area contributed by atoms with Crippen LogP contribution >= 0.6 is 11.6 Å². The van der Waals surface area contributed by atoms with Crippen molar-refractivity contribution in [2.24, 2.45) is 5.92 Å². The Kier molecular flexibility index (Phi) is 5.38. The second-order valence-electron chi connectivity index (χ2n) is 4.41. The summed E-state index contributed by atoms with van der Waals surface area (Å²) < 4.78 is 24.4. The van der Waals surface area contributed by atoms with E-state index in [1.54, 1.807) is 0 Å². The van der Waals surface area contributed by atoms with Gasteiger partial charge in [-0.2, -0.15) is 0 Å². The van der Waals surface area contributed by atoms with E-state index in [2.05, 4.69) is 0 Å². The van der Waals surface area contributed by atoms with Crippen molar-refractivity contribution in [2.45, 2.75) is 31.6 Å². The molecule has 1 rings (SSSR count). The van der Waals surface area contributed by atoms with E-state index in [0.717, 1.165) is 18.9 Å². The quantitative estimate of drug-likeness (QED) is 0.875. The van der Waals surface area contributed by atoms with Gasteiger partial charge in [0.15, 0.2) is 9.84 Å². The van der Waals surface area contributed by atoms with Gasteiger partial charge < -0.3 is 5.11 Å². The number of hydrogen-bond acceptors (Lipinski definition) is 3. The third-order valence-electron chi connectivity index (χ3n) is 3.14. The molecule has 1 N–H and O–H groups in total. The Morgan fingerprint density at radius 2 is 1.89 bits per heavy atom. The second kappa shape index (κ2) is 6.39. The van der Waals surface area contributed by atoms with E-state index in [1.165, 1.54) is 12.1 Å². The molecule has 0 aromatic heterocycles. The summed E-state index contributed by atoms with van der Waals surface area (Å²) in [5.41, 5.74) is -0.188. The Balaban J connectivity index is 3.15. The smallest absolute Gasteiger partial charge is 0.337 e. The van der Waals surface area contributed by atoms with Crippen molar-refractivity contribution in [3.63, 3.8) is 0 Å². The van der Waals surface area contributed by atoms with Crippen LogP contribution in [0.4, 0.5) is 0 Å². The second-order valence-corrected chi connectivity index (χ2v) is 6.85. The molecule has 0 aliphatic carbocycles. The monoisotopic (exact) mass is 304 g/mol. The van der Waals surface area contributed by atoms with E-state index >= 15 is 0 Å². The van der Waals surface area contributed by atoms with Crippen LogP contribution in [0.5, 0.6) is 0 Å². The Morgan fingerprint density at radius 1 is 1.32 bits per heavy atom. The van der Waals surface area contributed by atoms with Gasteiger partial charge in [-0.3, -0.25) is 0 Å². The Hall–Kier alpha value is -1.07. The molecule has 0 saturated heterocycles. The molecule has 0 heterocycles. The van der Waals surface area contributed by atoms with Gasteiger partial charge in [-0.15, -0.1) is 0 Å². The standard InChI is InChI=1S/C13H17ClO4S/c1-3-9(4-2)8-19(17,18)10-5-6-12(14)11(7-10)13(15)16/h5-7,9H,3-4,8H2,1-2H3,(H,15,16). The number of sulfone groups is 1. The number of rotatable bonds is 6. The van der Waals surface area contributed by atoms with Crippen LogP contribution in [0.25, 0.3) is 0 Å². The van der Waals surface area contributed by atoms with Crippen molar-refractivity contribution < 1.29 is 18.3 Å². The number of aromatic carboxylic acids is 1. The predicted octanol–water partition coefficient (Wildman–Crippen LogP) is 3.25. The third kappa shape index (κ3) is 3.94. The topological polar surface area (TPSA) is 71.4 Å². The number of halogens is 1. The minimum atomic E-state index is -3.48. The van der Waals surface area contributed by atoms with Crippen LogP contribution in [-0.2, 0) is 9.84 Å². The molecule has 0 fully saturated rings. The highest BCUT2D eigenvalue weighted by Crippen LogP contribution is 2.23. The van der Waals surface area contributed by atoms with Crippen LogP contribution in [0, 0.1) is 5.92 Å². The first-order valence-corrected chi connectivity index (χ1v) is 8.10. The molecule has 0 bridgehead atoms. The molecule has 1 aromatic rings. The molecule has 19 heavy (non-hydrogen) atoms. The van der Waals surface area contributed by atoms with Crippen molar-refractivity contribution >= 4 is 27.4 Å². The van der Waals surface area contributed by atoms with Crippen LogP contribution in [0.1, 0.15) is 37.0 Å². The number of benzene rings is 1. The van der Waals surface area contributed by atoms with Crippen LogP contribution in [-0.4, -0.2) is 25.2 Å². The van der Waals surface area contributed by atoms with Gasteiger partial charge in [-0.25, -0.2) is 13.2 Å². The highest BCUT2D eigenvalue weighted by atomic mass is 35.5. The van der Waals surface area contributed by atoms with Gasteiger partial charge in [-0.1, -0.05) is 38.3 Å². The average molecular weight is 305 g/mol. The first kappa shape index (κ1) is 16.0. The first-order chi connectivity index (χ1) is 8.81. The molecule has 1 aromatic carbocycles. The summed E-state index contributed by atoms with van der Waals surface area (Å²) in [4.78, 5) is 11.0. The third-order valence-corrected chi connectivity index (χ3v) is 5.35. The van der Waals surface area contributed by atoms with E-state index in [0.29, 0.717) is 0 Å². The highest BCUT2D eigenvalue weighted by molar-refractivity contribution is 7.91. The van der Waals surface area contributed by atoms with Crippen molar-refractivity contribution in [3.05, 3.63) is 28.8 Å². The fourth-order valence-electron chi connectivity index (χ4n) is 1.79. The van der Waals surface area contributed by atoms with Gasteiger partial charge in [0.1, 0.15) is 0 Å². The maximum Gasteiger partial charge on any atom is 0.337 e. The van der Waals surface area contributed by atoms with Crippen molar-refractivity contribution in [1.82, 2.24) is 0 Å². The molecule has 106 valence electrons. The zero-order valence-corrected chi connectivity index (χ0v) is 12.5. The van der Waals surface area contributed by atoms with Crippen LogP contribution < -0.4 is 0 Å². The molecule has 0 aliphatic rings. The molecule has 0 amide bonds. The molecular weight excluding hydrogens is 288 g/mol. The predicted molar refractivity (Wildman–Crippen MR) is 74.5 cm³/mol. The highest BCUT2D eigenvalue weighted by Gasteiger charge is 2.21. The van der Waals surface area contributed by atoms with Crippen molar-refractivity contribution in [2.75, 3.05) is 5.75 Å². The van der Waals surface area contributed by atoms with Gasteiger partial charge in [0.05, 0.1) is 21.2 Å². The maximum absolute atomic E-state index is 12.2. The Labute approximate surface area is 118 Å². The Morgan fingerprint density at radius 3 is 2.37 bits per heavy atom. The lowest BCUT2D eigenvalue weighted by Crippen LogP contribution is -2.16. The average Bonchev–Trinajstić information content (AvgIpc) is 2.35. The molecule has 0 saturated carbocycles. The summed E-state index contributed by atoms with van der Waals surface area (Å²) in [5.74, 6) is -1.13. The van der Waals surface area contributed by atoms with Crippen molar-refractivity contribution in [3.8, 4) is 0 Å². The van der Waals surface area contributed by atoms with Crippen molar-refractivity contribution in [1.29, 1.82) is 0 Å². The fourth-order valence-corrected chi connectivity index (χ4v) is 3.85. The van der Waals surface area contributed by atoms with E-state index in [4.69, 9.17) is 16.7 Å². The molecule has 4 nitrogen and oxygen atoms in total. The van der Waals surface area contributed by atoms with Crippen LogP contribution in [0.2, 0.25) is 5.02 Å². The van der Waals surface area contributed by atoms with E-state index in [-0.39, 0.29) is 27.2 Å². The van der Waals surface area contributed by atoms with Gasteiger partial charge in [0.2, 0.25) is 0 Å². The summed E-state index contributed by atoms with van der Waals surface area (Å²) in [7, 11) is -3.48. The SMILES string of the molecule is CCC(CC)CS(=O)(=O)c1ccc(Cl)c(C(=O)O)c1. The maximum atomic E-state index is 12.2. The lowest BCUT2D eigenvalue weighted by molar-refractivity contribution is 0.0697. The largest absolute Gasteiger partial charge is 0.478 e. The summed E-state index contributed by atoms with van der Waals surface area (Å²) >= 11 is 5.73. The molecule has 0 aliphatic heterocycles. The summed E-state index contributed by atoms with van der Waals surface area (Å²) in [6, 6.07) is 3.79. The van der Waals surface area contributed by atoms with Gasteiger partial charge in [-0.05, 0) is 24.1 Å². The summed E-state index contributed by atoms with van der Waals surface area (Å²) in [5, 5.41) is 8.99. The number of carboxylic acid groups (broad SMARTS) is 1. The van der Waals surface area contributed by atoms with Crippen LogP contribution in [0.3, 0.4) is 0 Å². The zero-order chi connectivity index (χ0) is 14.6. The lowest BCUT2D eigenvalue weighted by atomic mass is 10.1. The fraction of sp³-hybridized carbons (Fsp3) is 0.462. The molecule has 0 radical (unpaired) electrons. The molecule has 0 spiro atoms. The minimum Gasteiger partial charge on any atom is -0.478 e. The van der Waals surface area contributed by atoms with E-state index < -0.39 is 15.8 Å². The first-order valence-electron chi connectivity index (χ1n) is 6.07. The normalized spacial score (nSPS) is 11.8. The molecule has 6 heteroatoms. The lowest BCUT2D eigenvalue weighted by Gasteiger charge is -2.13. The zero-order valence-electron chi connectivity index (χ0n) is 10.9. The minimum absolute atomic E-state index is 0.0150. The molecule has 0 atom stereocenters. The summed E-state index contributed by atoms with van der Waals surface area (Å²) in [6.07, 6.45) is 1.55. The number of carbonyl (C=O) groups is 1. The van der Waals surface area contributed by atoms with Gasteiger partial charge in [0, 0.05) is 0 Å². The van der Waals surface area contributed by atoms with E-state index in [1.807, 2.05) is 13.8 Å². The number of hydrogen-bond donors (Lipinski definition) is 1. The summed E-state index contributed by atoms with van der Waals surface area (Å²) in [6.45, 7) is 3.88. The molecular formula is C13H17ClO4S. The van der Waals surface area contributed by atoms with Gasteiger partial charge >= 0.3 is 5.97 Å². The van der Waals surface area contributed by atoms with Crippen LogP contribution in [0.15, 0.2) is 23.1 Å².